The van der Waals surface area contributed by atoms with E-state index in [-0.39, 0.29) is 83.3 Å². The molecule has 1 unspecified atom stereocenters. The van der Waals surface area contributed by atoms with Gasteiger partial charge < -0.3 is 55.7 Å². The zero-order valence-corrected chi connectivity index (χ0v) is 82.0. The van der Waals surface area contributed by atoms with Gasteiger partial charge in [-0.2, -0.15) is 8.42 Å². The molecular weight excluding hydrogens is 1920 g/mol. The van der Waals surface area contributed by atoms with E-state index in [2.05, 4.69) is 80.7 Å². The minimum Gasteiger partial charge on any atom is -0.396 e. The second-order valence-corrected chi connectivity index (χ2v) is 42.9. The molecular formula is C96H100Cl6N12O14S5. The number of nitrogens with two attached hydrogens (primary N) is 2. The lowest BCUT2D eigenvalue weighted by molar-refractivity contribution is 0.0696. The van der Waals surface area contributed by atoms with Crippen molar-refractivity contribution in [3.05, 3.63) is 306 Å². The van der Waals surface area contributed by atoms with E-state index in [0.29, 0.717) is 138 Å². The van der Waals surface area contributed by atoms with Crippen LogP contribution in [-0.2, 0) is 59.1 Å². The predicted octanol–water partition coefficient (Wildman–Crippen LogP) is 18.7. The van der Waals surface area contributed by atoms with Crippen LogP contribution in [0.4, 0.5) is 11.6 Å². The zero-order chi connectivity index (χ0) is 94.2. The van der Waals surface area contributed by atoms with Gasteiger partial charge in [-0.15, -0.1) is 45.3 Å². The average Bonchev–Trinajstić information content (AvgIpc) is 1.66. The van der Waals surface area contributed by atoms with Crippen molar-refractivity contribution in [1.29, 1.82) is 0 Å². The maximum Gasteiger partial charge on any atom is 0.333 e. The lowest BCUT2D eigenvalue weighted by atomic mass is 9.93. The SMILES string of the molecule is C[C@H]1C[C@H](N)C[C@@H]1CO.Cc1sc(C(=O)c2cncnc2Cl)cc1[C@@H]1OCCc2ccc(Cl)cc21.Cc1sc(C(=O)c2cncnc2N[C@@H]2C[C@H](CO)[C@@H](C)C2)cc1[C@@H]1OCCc2ccc(Cl)cc21.Cc1sc(C(=O)c2cncnc2N[C@@H]2C[C@H](COS(N)(=O)=O)[C@@H](O)C2)cc1[C@@H]1OCCc2ccc(Cl)cc21.Cc1sc(C(O)c2cncnc2Cl)cc1[C@@H]1OCCc2ccc(Cl)cc21. The summed E-state index contributed by atoms with van der Waals surface area (Å²) in [6, 6.07) is 31.5. The van der Waals surface area contributed by atoms with Crippen molar-refractivity contribution < 1.29 is 66.4 Å². The average molecular weight is 2020 g/mol. The van der Waals surface area contributed by atoms with Gasteiger partial charge in [0.2, 0.25) is 17.3 Å². The van der Waals surface area contributed by atoms with Crippen LogP contribution < -0.4 is 21.5 Å². The van der Waals surface area contributed by atoms with E-state index in [1.54, 1.807) is 12.4 Å². The molecule has 0 saturated heterocycles. The van der Waals surface area contributed by atoms with E-state index in [9.17, 15) is 38.1 Å². The summed E-state index contributed by atoms with van der Waals surface area (Å²) in [5.41, 5.74) is 20.3. The van der Waals surface area contributed by atoms with E-state index < -0.39 is 28.4 Å². The normalized spacial score (nSPS) is 22.4. The summed E-state index contributed by atoms with van der Waals surface area (Å²) in [5, 5.41) is 54.2. The Balaban J connectivity index is 0.000000132. The fourth-order valence-electron chi connectivity index (χ4n) is 18.3. The number of ether oxygens (including phenoxy) is 4. The van der Waals surface area contributed by atoms with Gasteiger partial charge in [0.1, 0.15) is 77.8 Å². The highest BCUT2D eigenvalue weighted by molar-refractivity contribution is 7.84. The standard InChI is InChI=1S/C26H28ClN3O3S.C25H27ClN4O6S2.C19H16Cl2N2O2S.C19H14Cl2N2O2S.C7H15NO/c1-14-7-19(8-17(14)12-31)30-26-22(11-28-13-29-26)24(32)23-10-20(15(2)34-23)25-21-9-18(27)4-3-16(21)5-6-33-25;1-13-18(24-19-7-16(26)3-2-14(19)4-5-35-24)9-22(37-13)23(32)20-10-28-12-29-25(20)30-17-6-15(21(31)8-17)11-36-38(27,33)34;2*1-10-13(18-14-6-12(20)3-2-11(14)4-5-25-18)7-16(26-10)17(24)15-8-22-9-23-19(15)21;1-5-2-7(8)3-6(5)4-9/h3-4,9-11,13-14,17,19,25,31H,5-8,12H2,1-2H3,(H,28,29,30);2-3,7,9-10,12,15,17,21,24,31H,4-6,8,11H2,1H3,(H2,27,33,34)(H,28,29,30);2-3,6-9,17-18,24H,4-5H2,1H3;2-3,6-9,18H,4-5H2,1H3;5-7,9H,2-4,8H2,1H3/t14-,17+,19-,25-;15-,17-,21+,24+;17?,18-;18-;5-,6+,7-/m01000/s1. The molecule has 0 amide bonds. The van der Waals surface area contributed by atoms with Gasteiger partial charge in [-0.25, -0.2) is 45.0 Å². The number of aliphatic hydroxyl groups is 4. The van der Waals surface area contributed by atoms with Gasteiger partial charge in [0.05, 0.1) is 70.5 Å². The van der Waals surface area contributed by atoms with Gasteiger partial charge in [-0.3, -0.25) is 18.6 Å². The van der Waals surface area contributed by atoms with Gasteiger partial charge in [0.15, 0.2) is 0 Å². The van der Waals surface area contributed by atoms with Crippen molar-refractivity contribution in [2.75, 3.05) is 56.9 Å². The highest BCUT2D eigenvalue weighted by Crippen LogP contribution is 2.47. The first-order valence-electron chi connectivity index (χ1n) is 43.5. The van der Waals surface area contributed by atoms with Gasteiger partial charge >= 0.3 is 10.3 Å². The Morgan fingerprint density at radius 3 is 1.21 bits per heavy atom. The summed E-state index contributed by atoms with van der Waals surface area (Å²) in [5.74, 6) is 1.74. The number of carbonyl (C=O) groups is 3. The molecule has 12 heterocycles. The van der Waals surface area contributed by atoms with Crippen molar-refractivity contribution in [3.8, 4) is 0 Å². The number of aliphatic hydroxyl groups excluding tert-OH is 4. The number of ketones is 3. The van der Waals surface area contributed by atoms with Crippen LogP contribution in [0.1, 0.15) is 225 Å². The molecule has 14 atom stereocenters. The number of fused-ring (bicyclic) bond motifs is 4. The summed E-state index contributed by atoms with van der Waals surface area (Å²) in [6.07, 6.45) is 16.9. The van der Waals surface area contributed by atoms with E-state index in [1.165, 1.54) is 105 Å². The number of hydrogen-bond acceptors (Lipinski definition) is 29. The number of nitrogens with one attached hydrogen (secondary N) is 2. The number of benzene rings is 4. The molecule has 0 spiro atoms. The molecule has 3 fully saturated rings. The minimum atomic E-state index is -4.10. The third-order valence-corrected chi connectivity index (χ3v) is 31.6. The van der Waals surface area contributed by atoms with Crippen LogP contribution >= 0.6 is 115 Å². The van der Waals surface area contributed by atoms with Crippen molar-refractivity contribution in [2.45, 2.75) is 160 Å². The van der Waals surface area contributed by atoms with Crippen LogP contribution in [0.25, 0.3) is 0 Å². The molecule has 700 valence electrons. The Labute approximate surface area is 817 Å². The molecule has 0 radical (unpaired) electrons. The maximum absolute atomic E-state index is 13.6. The van der Waals surface area contributed by atoms with E-state index in [0.717, 1.165) is 120 Å². The number of nitrogens with zero attached hydrogens (tertiary/aromatic N) is 8. The van der Waals surface area contributed by atoms with Crippen LogP contribution in [-0.4, -0.2) is 157 Å². The Morgan fingerprint density at radius 2 is 0.827 bits per heavy atom. The van der Waals surface area contributed by atoms with E-state index >= 15 is 0 Å². The number of carbonyl (C=O) groups excluding carboxylic acids is 3. The van der Waals surface area contributed by atoms with Crippen molar-refractivity contribution in [2.24, 2.45) is 40.5 Å². The number of rotatable bonds is 21. The van der Waals surface area contributed by atoms with Crippen molar-refractivity contribution in [1.82, 2.24) is 39.9 Å². The largest absolute Gasteiger partial charge is 0.396 e. The third kappa shape index (κ3) is 23.8. The maximum atomic E-state index is 13.6. The van der Waals surface area contributed by atoms with Crippen molar-refractivity contribution in [3.63, 3.8) is 0 Å². The lowest BCUT2D eigenvalue weighted by Crippen LogP contribution is -2.24. The predicted molar refractivity (Wildman–Crippen MR) is 519 cm³/mol. The molecule has 19 rings (SSSR count). The monoisotopic (exact) mass is 2010 g/mol. The highest BCUT2D eigenvalue weighted by Gasteiger charge is 2.39. The van der Waals surface area contributed by atoms with Crippen LogP contribution in [0.3, 0.4) is 0 Å². The molecule has 3 aliphatic carbocycles. The molecule has 10 N–H and O–H groups in total. The van der Waals surface area contributed by atoms with E-state index in [1.807, 2.05) is 113 Å². The fourth-order valence-corrected chi connectivity index (χ4v) is 23.8. The molecule has 37 heteroatoms. The first kappa shape index (κ1) is 99.3. The molecule has 133 heavy (non-hydrogen) atoms. The Kier molecular flexibility index (Phi) is 33.3. The molecule has 4 aliphatic heterocycles. The number of aromatic nitrogens is 8. The second kappa shape index (κ2) is 44.5. The van der Waals surface area contributed by atoms with Crippen LogP contribution in [0.15, 0.2) is 147 Å². The zero-order valence-electron chi connectivity index (χ0n) is 73.4. The minimum absolute atomic E-state index is 0.102. The number of hydrogen-bond donors (Lipinski definition) is 8. The quantitative estimate of drug-likeness (QED) is 0.0245. The molecule has 7 aliphatic rings. The highest BCUT2D eigenvalue weighted by atomic mass is 35.5. The first-order valence-corrected chi connectivity index (χ1v) is 50.6. The summed E-state index contributed by atoms with van der Waals surface area (Å²) < 4.78 is 51.3. The van der Waals surface area contributed by atoms with Crippen LogP contribution in [0.5, 0.6) is 0 Å². The number of anilines is 2. The van der Waals surface area contributed by atoms with Crippen molar-refractivity contribution >= 4 is 154 Å². The summed E-state index contributed by atoms with van der Waals surface area (Å²) in [7, 11) is -4.10. The Bertz CT molecular complexity index is 6330. The number of thiophene rings is 4. The molecule has 4 aromatic carbocycles. The topological polar surface area (TPSA) is 392 Å². The third-order valence-electron chi connectivity index (χ3n) is 25.3. The summed E-state index contributed by atoms with van der Waals surface area (Å²) in [4.78, 5) is 79.2. The van der Waals surface area contributed by atoms with Crippen LogP contribution in [0.2, 0.25) is 30.4 Å². The Hall–Kier alpha value is -8.14. The Morgan fingerprint density at radius 1 is 0.466 bits per heavy atom. The molecule has 0 bridgehead atoms. The second-order valence-electron chi connectivity index (χ2n) is 34.2. The molecule has 26 nitrogen and oxygen atoms in total. The molecule has 8 aromatic heterocycles. The first-order chi connectivity index (χ1) is 63.8. The van der Waals surface area contributed by atoms with Crippen LogP contribution in [0, 0.1) is 57.3 Å². The smallest absolute Gasteiger partial charge is 0.333 e. The fraction of sp³-hybridized carbons (Fsp3) is 0.385. The lowest BCUT2D eigenvalue weighted by Gasteiger charge is -2.26. The van der Waals surface area contributed by atoms with Gasteiger partial charge in [0, 0.05) is 112 Å². The molecule has 3 saturated carbocycles. The number of aryl methyl sites for hydroxylation is 4. The molecule has 12 aromatic rings. The van der Waals surface area contributed by atoms with Gasteiger partial charge in [-0.1, -0.05) is 108 Å². The van der Waals surface area contributed by atoms with Gasteiger partial charge in [-0.05, 0) is 255 Å². The summed E-state index contributed by atoms with van der Waals surface area (Å²) >= 11 is 42.9. The number of halogens is 6. The summed E-state index contributed by atoms with van der Waals surface area (Å²) in [6.45, 7) is 15.1. The van der Waals surface area contributed by atoms with E-state index in [4.69, 9.17) is 105 Å². The van der Waals surface area contributed by atoms with Gasteiger partial charge in [0.25, 0.3) is 0 Å².